The third kappa shape index (κ3) is 3.10. The molecule has 0 spiro atoms. The molecule has 1 aliphatic rings. The van der Waals surface area contributed by atoms with Gasteiger partial charge in [0.05, 0.1) is 4.90 Å². The van der Waals surface area contributed by atoms with Crippen LogP contribution in [0.1, 0.15) is 25.3 Å². The van der Waals surface area contributed by atoms with Crippen LogP contribution in [-0.2, 0) is 16.4 Å². The monoisotopic (exact) mass is 268 g/mol. The summed E-state index contributed by atoms with van der Waals surface area (Å²) in [6, 6.07) is 7.02. The summed E-state index contributed by atoms with van der Waals surface area (Å²) in [4.78, 5) is 0.371. The Morgan fingerprint density at radius 2 is 2.06 bits per heavy atom. The Morgan fingerprint density at radius 3 is 2.67 bits per heavy atom. The Hall–Kier alpha value is -0.910. The Bertz CT molecular complexity index is 509. The van der Waals surface area contributed by atoms with Crippen LogP contribution in [0.4, 0.5) is 0 Å². The van der Waals surface area contributed by atoms with Gasteiger partial charge in [-0.1, -0.05) is 25.1 Å². The zero-order chi connectivity index (χ0) is 13.2. The topological polar surface area (TPSA) is 72.2 Å². The lowest BCUT2D eigenvalue weighted by atomic mass is 10.2. The number of hydrogen-bond acceptors (Lipinski definition) is 3. The number of aryl methyl sites for hydroxylation is 1. The van der Waals surface area contributed by atoms with Gasteiger partial charge < -0.3 is 5.73 Å². The molecule has 4 nitrogen and oxygen atoms in total. The van der Waals surface area contributed by atoms with E-state index < -0.39 is 10.0 Å². The van der Waals surface area contributed by atoms with Gasteiger partial charge in [-0.15, -0.1) is 0 Å². The van der Waals surface area contributed by atoms with Crippen LogP contribution >= 0.6 is 0 Å². The van der Waals surface area contributed by atoms with E-state index in [1.54, 1.807) is 12.1 Å². The number of hydrogen-bond donors (Lipinski definition) is 2. The van der Waals surface area contributed by atoms with Gasteiger partial charge in [0.1, 0.15) is 0 Å². The van der Waals surface area contributed by atoms with Crippen molar-refractivity contribution in [2.75, 3.05) is 6.54 Å². The van der Waals surface area contributed by atoms with E-state index in [1.807, 2.05) is 19.1 Å². The van der Waals surface area contributed by atoms with Crippen LogP contribution in [0, 0.1) is 5.92 Å². The SMILES string of the molecule is CCc1ccccc1S(=O)(=O)NCC(N)C1CC1. The Labute approximate surface area is 109 Å². The molecule has 1 aromatic rings. The summed E-state index contributed by atoms with van der Waals surface area (Å²) >= 11 is 0. The van der Waals surface area contributed by atoms with Crippen LogP contribution in [-0.4, -0.2) is 21.0 Å². The van der Waals surface area contributed by atoms with Crippen molar-refractivity contribution in [3.63, 3.8) is 0 Å². The van der Waals surface area contributed by atoms with Gasteiger partial charge in [0.2, 0.25) is 10.0 Å². The van der Waals surface area contributed by atoms with Crippen LogP contribution in [0.25, 0.3) is 0 Å². The van der Waals surface area contributed by atoms with E-state index in [-0.39, 0.29) is 6.04 Å². The third-order valence-corrected chi connectivity index (χ3v) is 4.90. The minimum atomic E-state index is -3.43. The number of rotatable bonds is 6. The van der Waals surface area contributed by atoms with Gasteiger partial charge >= 0.3 is 0 Å². The average Bonchev–Trinajstić information content (AvgIpc) is 3.20. The van der Waals surface area contributed by atoms with Crippen molar-refractivity contribution in [1.82, 2.24) is 4.72 Å². The van der Waals surface area contributed by atoms with E-state index in [2.05, 4.69) is 4.72 Å². The second-order valence-corrected chi connectivity index (χ2v) is 6.55. The van der Waals surface area contributed by atoms with Crippen molar-refractivity contribution in [2.24, 2.45) is 11.7 Å². The summed E-state index contributed by atoms with van der Waals surface area (Å²) < 4.78 is 27.0. The molecule has 0 saturated heterocycles. The predicted molar refractivity (Wildman–Crippen MR) is 71.7 cm³/mol. The molecule has 0 radical (unpaired) electrons. The lowest BCUT2D eigenvalue weighted by molar-refractivity contribution is 0.547. The van der Waals surface area contributed by atoms with E-state index in [4.69, 9.17) is 5.73 Å². The van der Waals surface area contributed by atoms with E-state index >= 15 is 0 Å². The van der Waals surface area contributed by atoms with Crippen molar-refractivity contribution < 1.29 is 8.42 Å². The lowest BCUT2D eigenvalue weighted by Crippen LogP contribution is -2.38. The number of nitrogens with one attached hydrogen (secondary N) is 1. The molecule has 3 N–H and O–H groups in total. The molecule has 1 aromatic carbocycles. The first kappa shape index (κ1) is 13.5. The van der Waals surface area contributed by atoms with Gasteiger partial charge in [0, 0.05) is 12.6 Å². The summed E-state index contributed by atoms with van der Waals surface area (Å²) in [5.41, 5.74) is 6.75. The summed E-state index contributed by atoms with van der Waals surface area (Å²) in [7, 11) is -3.43. The van der Waals surface area contributed by atoms with E-state index in [0.29, 0.717) is 23.8 Å². The quantitative estimate of drug-likeness (QED) is 0.816. The first-order valence-corrected chi connectivity index (χ1v) is 7.86. The van der Waals surface area contributed by atoms with Crippen molar-refractivity contribution >= 4 is 10.0 Å². The molecule has 18 heavy (non-hydrogen) atoms. The van der Waals surface area contributed by atoms with Crippen LogP contribution < -0.4 is 10.5 Å². The van der Waals surface area contributed by atoms with E-state index in [0.717, 1.165) is 18.4 Å². The second kappa shape index (κ2) is 5.38. The molecule has 1 saturated carbocycles. The van der Waals surface area contributed by atoms with Gasteiger partial charge in [0.15, 0.2) is 0 Å². The molecule has 0 bridgehead atoms. The average molecular weight is 268 g/mol. The number of benzene rings is 1. The molecule has 2 rings (SSSR count). The van der Waals surface area contributed by atoms with Gasteiger partial charge in [0.25, 0.3) is 0 Å². The maximum Gasteiger partial charge on any atom is 0.240 e. The molecule has 1 unspecified atom stereocenters. The normalized spacial score (nSPS) is 17.7. The highest BCUT2D eigenvalue weighted by molar-refractivity contribution is 7.89. The van der Waals surface area contributed by atoms with Crippen LogP contribution in [0.3, 0.4) is 0 Å². The maximum atomic E-state index is 12.2. The van der Waals surface area contributed by atoms with Crippen molar-refractivity contribution in [3.05, 3.63) is 29.8 Å². The molecule has 1 atom stereocenters. The van der Waals surface area contributed by atoms with Gasteiger partial charge in [-0.2, -0.15) is 0 Å². The zero-order valence-electron chi connectivity index (χ0n) is 10.6. The largest absolute Gasteiger partial charge is 0.326 e. The number of sulfonamides is 1. The van der Waals surface area contributed by atoms with Crippen LogP contribution in [0.2, 0.25) is 0 Å². The summed E-state index contributed by atoms with van der Waals surface area (Å²) in [6.45, 7) is 2.27. The molecule has 0 amide bonds. The molecule has 0 aliphatic heterocycles. The molecule has 100 valence electrons. The van der Waals surface area contributed by atoms with E-state index in [9.17, 15) is 8.42 Å². The van der Waals surface area contributed by atoms with Gasteiger partial charge in [-0.3, -0.25) is 0 Å². The van der Waals surface area contributed by atoms with Gasteiger partial charge in [-0.25, -0.2) is 13.1 Å². The van der Waals surface area contributed by atoms with Crippen molar-refractivity contribution in [2.45, 2.75) is 37.1 Å². The first-order chi connectivity index (χ1) is 8.54. The Balaban J connectivity index is 2.09. The molecular formula is C13H20N2O2S. The van der Waals surface area contributed by atoms with Gasteiger partial charge in [-0.05, 0) is 36.8 Å². The zero-order valence-corrected chi connectivity index (χ0v) is 11.4. The highest BCUT2D eigenvalue weighted by atomic mass is 32.2. The fourth-order valence-electron chi connectivity index (χ4n) is 2.03. The third-order valence-electron chi connectivity index (χ3n) is 3.38. The Kier molecular flexibility index (Phi) is 4.04. The first-order valence-electron chi connectivity index (χ1n) is 6.37. The maximum absolute atomic E-state index is 12.2. The fraction of sp³-hybridized carbons (Fsp3) is 0.538. The smallest absolute Gasteiger partial charge is 0.240 e. The fourth-order valence-corrected chi connectivity index (χ4v) is 3.42. The lowest BCUT2D eigenvalue weighted by Gasteiger charge is -2.13. The molecule has 0 heterocycles. The Morgan fingerprint density at radius 1 is 1.39 bits per heavy atom. The van der Waals surface area contributed by atoms with Crippen LogP contribution in [0.5, 0.6) is 0 Å². The van der Waals surface area contributed by atoms with Crippen molar-refractivity contribution in [3.8, 4) is 0 Å². The van der Waals surface area contributed by atoms with Crippen molar-refractivity contribution in [1.29, 1.82) is 0 Å². The van der Waals surface area contributed by atoms with Crippen LogP contribution in [0.15, 0.2) is 29.2 Å². The second-order valence-electron chi connectivity index (χ2n) is 4.81. The summed E-state index contributed by atoms with van der Waals surface area (Å²) in [5, 5.41) is 0. The molecule has 5 heteroatoms. The minimum Gasteiger partial charge on any atom is -0.326 e. The molecule has 0 aromatic heterocycles. The summed E-state index contributed by atoms with van der Waals surface area (Å²) in [5.74, 6) is 0.495. The van der Waals surface area contributed by atoms with E-state index in [1.165, 1.54) is 0 Å². The standard InChI is InChI=1S/C13H20N2O2S/c1-2-10-5-3-4-6-13(10)18(16,17)15-9-12(14)11-7-8-11/h3-6,11-12,15H,2,7-9,14H2,1H3. The molecule has 1 aliphatic carbocycles. The molecule has 1 fully saturated rings. The molecular weight excluding hydrogens is 248 g/mol. The minimum absolute atomic E-state index is 0.0615. The summed E-state index contributed by atoms with van der Waals surface area (Å²) in [6.07, 6.45) is 2.94. The highest BCUT2D eigenvalue weighted by Gasteiger charge is 2.29. The predicted octanol–water partition coefficient (Wildman–Crippen LogP) is 1.26. The number of nitrogens with two attached hydrogens (primary N) is 1. The highest BCUT2D eigenvalue weighted by Crippen LogP contribution is 2.31.